The predicted octanol–water partition coefficient (Wildman–Crippen LogP) is 3.00. The van der Waals surface area contributed by atoms with Gasteiger partial charge in [-0.3, -0.25) is 18.6 Å². The topological polar surface area (TPSA) is 81.3 Å². The first-order valence-corrected chi connectivity index (χ1v) is 9.99. The molecule has 0 saturated carbocycles. The van der Waals surface area contributed by atoms with Crippen molar-refractivity contribution in [1.29, 1.82) is 0 Å². The zero-order valence-electron chi connectivity index (χ0n) is 14.2. The third-order valence-corrected chi connectivity index (χ3v) is 5.80. The number of nitrogens with one attached hydrogen (secondary N) is 1. The second kappa shape index (κ2) is 7.12. The van der Waals surface area contributed by atoms with E-state index in [-0.39, 0.29) is 22.9 Å². The Hall–Kier alpha value is -2.72. The molecule has 0 fully saturated rings. The fraction of sp³-hybridized carbons (Fsp3) is 0.176. The minimum atomic E-state index is -0.490. The average molecular weight is 403 g/mol. The van der Waals surface area contributed by atoms with E-state index in [2.05, 4.69) is 15.5 Å². The van der Waals surface area contributed by atoms with Gasteiger partial charge in [0.15, 0.2) is 5.16 Å². The Morgan fingerprint density at radius 2 is 2.11 bits per heavy atom. The molecule has 3 heterocycles. The average Bonchev–Trinajstić information content (AvgIpc) is 3.29. The molecule has 1 amide bonds. The number of amides is 1. The van der Waals surface area contributed by atoms with Crippen LogP contribution >= 0.6 is 23.1 Å². The number of para-hydroxylation sites is 1. The summed E-state index contributed by atoms with van der Waals surface area (Å²) in [6.07, 6.45) is 0. The van der Waals surface area contributed by atoms with E-state index in [9.17, 15) is 14.0 Å². The van der Waals surface area contributed by atoms with Crippen LogP contribution in [0, 0.1) is 5.82 Å². The maximum Gasteiger partial charge on any atom is 0.272 e. The van der Waals surface area contributed by atoms with E-state index in [4.69, 9.17) is 0 Å². The number of nitrogens with zero attached hydrogens (tertiary/aromatic N) is 4. The summed E-state index contributed by atoms with van der Waals surface area (Å²) in [6.45, 7) is 2.33. The van der Waals surface area contributed by atoms with Gasteiger partial charge in [0.05, 0.1) is 17.0 Å². The number of carbonyl (C=O) groups is 1. The van der Waals surface area contributed by atoms with Gasteiger partial charge in [-0.15, -0.1) is 21.5 Å². The van der Waals surface area contributed by atoms with Gasteiger partial charge in [-0.05, 0) is 30.5 Å². The lowest BCUT2D eigenvalue weighted by Gasteiger charge is -2.07. The summed E-state index contributed by atoms with van der Waals surface area (Å²) >= 11 is 2.54. The van der Waals surface area contributed by atoms with Crippen LogP contribution in [0.4, 0.5) is 10.1 Å². The summed E-state index contributed by atoms with van der Waals surface area (Å²) < 4.78 is 17.6. The molecule has 0 saturated heterocycles. The summed E-state index contributed by atoms with van der Waals surface area (Å²) in [7, 11) is 0. The summed E-state index contributed by atoms with van der Waals surface area (Å²) in [5.41, 5.74) is 0.747. The van der Waals surface area contributed by atoms with Gasteiger partial charge in [0.25, 0.3) is 5.56 Å². The highest BCUT2D eigenvalue weighted by molar-refractivity contribution is 7.99. The molecule has 0 bridgehead atoms. The van der Waals surface area contributed by atoms with Gasteiger partial charge in [0.2, 0.25) is 11.7 Å². The van der Waals surface area contributed by atoms with Crippen molar-refractivity contribution >= 4 is 50.7 Å². The Labute approximate surface area is 160 Å². The van der Waals surface area contributed by atoms with E-state index in [1.54, 1.807) is 21.1 Å². The van der Waals surface area contributed by atoms with Crippen LogP contribution in [0.3, 0.4) is 0 Å². The number of benzene rings is 1. The zero-order chi connectivity index (χ0) is 19.0. The van der Waals surface area contributed by atoms with Gasteiger partial charge in [0, 0.05) is 6.54 Å². The third kappa shape index (κ3) is 3.10. The SMILES string of the molecule is CCn1c(=O)c2sccc2n2c(SCC(=O)Nc3ccccc3F)nnc12. The van der Waals surface area contributed by atoms with Crippen LogP contribution in [0.2, 0.25) is 0 Å². The van der Waals surface area contributed by atoms with Crippen molar-refractivity contribution in [1.82, 2.24) is 19.2 Å². The van der Waals surface area contributed by atoms with Crippen LogP contribution in [0.15, 0.2) is 45.7 Å². The van der Waals surface area contributed by atoms with Crippen molar-refractivity contribution in [3.63, 3.8) is 0 Å². The zero-order valence-corrected chi connectivity index (χ0v) is 15.8. The summed E-state index contributed by atoms with van der Waals surface area (Å²) in [5.74, 6) is -0.375. The minimum Gasteiger partial charge on any atom is -0.323 e. The van der Waals surface area contributed by atoms with Gasteiger partial charge in [-0.25, -0.2) is 4.39 Å². The smallest absolute Gasteiger partial charge is 0.272 e. The first-order chi connectivity index (χ1) is 13.1. The number of anilines is 1. The Bertz CT molecular complexity index is 1210. The third-order valence-electron chi connectivity index (χ3n) is 3.98. The van der Waals surface area contributed by atoms with Crippen molar-refractivity contribution in [3.8, 4) is 0 Å². The van der Waals surface area contributed by atoms with E-state index in [0.717, 1.165) is 0 Å². The van der Waals surface area contributed by atoms with Crippen LogP contribution in [0.1, 0.15) is 6.92 Å². The number of rotatable bonds is 5. The molecule has 0 unspecified atom stereocenters. The molecule has 1 aromatic carbocycles. The van der Waals surface area contributed by atoms with Crippen molar-refractivity contribution in [3.05, 3.63) is 51.9 Å². The number of thioether (sulfide) groups is 1. The maximum atomic E-state index is 13.7. The number of aryl methyl sites for hydroxylation is 1. The number of fused-ring (bicyclic) bond motifs is 3. The van der Waals surface area contributed by atoms with Crippen LogP contribution in [0.5, 0.6) is 0 Å². The summed E-state index contributed by atoms with van der Waals surface area (Å²) in [6, 6.07) is 7.82. The molecule has 0 aliphatic carbocycles. The van der Waals surface area contributed by atoms with Crippen LogP contribution in [-0.2, 0) is 11.3 Å². The number of hydrogen-bond donors (Lipinski definition) is 1. The van der Waals surface area contributed by atoms with E-state index in [1.807, 2.05) is 18.4 Å². The van der Waals surface area contributed by atoms with Crippen molar-refractivity contribution in [2.75, 3.05) is 11.1 Å². The first-order valence-electron chi connectivity index (χ1n) is 8.12. The van der Waals surface area contributed by atoms with Crippen molar-refractivity contribution in [2.45, 2.75) is 18.6 Å². The van der Waals surface area contributed by atoms with Crippen LogP contribution < -0.4 is 10.9 Å². The molecule has 4 aromatic rings. The molecule has 27 heavy (non-hydrogen) atoms. The fourth-order valence-corrected chi connectivity index (χ4v) is 4.32. The van der Waals surface area contributed by atoms with Gasteiger partial charge in [-0.1, -0.05) is 23.9 Å². The monoisotopic (exact) mass is 403 g/mol. The van der Waals surface area contributed by atoms with E-state index < -0.39 is 5.82 Å². The van der Waals surface area contributed by atoms with Gasteiger partial charge < -0.3 is 5.32 Å². The number of aromatic nitrogens is 4. The summed E-state index contributed by atoms with van der Waals surface area (Å²) in [5, 5.41) is 13.1. The van der Waals surface area contributed by atoms with E-state index in [1.165, 1.54) is 35.2 Å². The Balaban J connectivity index is 1.63. The van der Waals surface area contributed by atoms with Crippen LogP contribution in [0.25, 0.3) is 16.0 Å². The lowest BCUT2D eigenvalue weighted by Crippen LogP contribution is -2.21. The second-order valence-electron chi connectivity index (χ2n) is 5.62. The molecule has 0 aliphatic heterocycles. The predicted molar refractivity (Wildman–Crippen MR) is 104 cm³/mol. The number of thiophene rings is 1. The maximum absolute atomic E-state index is 13.7. The van der Waals surface area contributed by atoms with E-state index >= 15 is 0 Å². The van der Waals surface area contributed by atoms with Crippen LogP contribution in [-0.4, -0.2) is 30.8 Å². The highest BCUT2D eigenvalue weighted by Crippen LogP contribution is 2.24. The standard InChI is InChI=1S/C17H14FN5O2S2/c1-2-22-15(25)14-12(7-8-26-14)23-16(22)20-21-17(23)27-9-13(24)19-11-6-4-3-5-10(11)18/h3-8H,2,9H2,1H3,(H,19,24). The first kappa shape index (κ1) is 17.7. The molecule has 1 N–H and O–H groups in total. The number of hydrogen-bond acceptors (Lipinski definition) is 6. The molecular formula is C17H14FN5O2S2. The van der Waals surface area contributed by atoms with Crippen molar-refractivity contribution in [2.24, 2.45) is 0 Å². The second-order valence-corrected chi connectivity index (χ2v) is 7.48. The molecule has 0 aliphatic rings. The Kier molecular flexibility index (Phi) is 4.66. The number of carbonyl (C=O) groups excluding carboxylic acids is 1. The van der Waals surface area contributed by atoms with E-state index in [0.29, 0.717) is 27.7 Å². The molecule has 0 spiro atoms. The Morgan fingerprint density at radius 1 is 1.30 bits per heavy atom. The molecule has 3 aromatic heterocycles. The molecule has 0 radical (unpaired) electrons. The normalized spacial score (nSPS) is 11.3. The highest BCUT2D eigenvalue weighted by Gasteiger charge is 2.18. The molecule has 7 nitrogen and oxygen atoms in total. The number of halogens is 1. The quantitative estimate of drug-likeness (QED) is 0.518. The molecular weight excluding hydrogens is 389 g/mol. The van der Waals surface area contributed by atoms with Gasteiger partial charge in [0.1, 0.15) is 10.5 Å². The fourth-order valence-electron chi connectivity index (χ4n) is 2.76. The highest BCUT2D eigenvalue weighted by atomic mass is 32.2. The molecule has 4 rings (SSSR count). The molecule has 10 heteroatoms. The minimum absolute atomic E-state index is 0.0337. The lowest BCUT2D eigenvalue weighted by molar-refractivity contribution is -0.113. The van der Waals surface area contributed by atoms with Gasteiger partial charge in [-0.2, -0.15) is 0 Å². The van der Waals surface area contributed by atoms with Crippen molar-refractivity contribution < 1.29 is 9.18 Å². The Morgan fingerprint density at radius 3 is 2.89 bits per heavy atom. The molecule has 138 valence electrons. The summed E-state index contributed by atoms with van der Waals surface area (Å²) in [4.78, 5) is 24.7. The lowest BCUT2D eigenvalue weighted by atomic mass is 10.3. The largest absolute Gasteiger partial charge is 0.323 e. The van der Waals surface area contributed by atoms with Gasteiger partial charge >= 0.3 is 0 Å². The molecule has 0 atom stereocenters.